The van der Waals surface area contributed by atoms with Gasteiger partial charge in [-0.3, -0.25) is 0 Å². The predicted molar refractivity (Wildman–Crippen MR) is 49.6 cm³/mol. The third-order valence-electron chi connectivity index (χ3n) is 2.22. The molecule has 0 heterocycles. The SMILES string of the molecule is C#CCC(N)C(OCC)C1CC1. The van der Waals surface area contributed by atoms with Crippen molar-refractivity contribution in [2.45, 2.75) is 38.3 Å². The molecule has 1 aliphatic rings. The molecule has 0 aliphatic heterocycles. The van der Waals surface area contributed by atoms with Crippen LogP contribution in [-0.2, 0) is 4.74 Å². The minimum absolute atomic E-state index is 0.0300. The Hall–Kier alpha value is -0.520. The second-order valence-corrected chi connectivity index (χ2v) is 3.33. The van der Waals surface area contributed by atoms with Crippen molar-refractivity contribution in [3.05, 3.63) is 0 Å². The molecule has 0 aromatic rings. The first-order valence-corrected chi connectivity index (χ1v) is 4.60. The molecule has 0 bridgehead atoms. The molecule has 0 spiro atoms. The van der Waals surface area contributed by atoms with Gasteiger partial charge in [0, 0.05) is 19.1 Å². The average molecular weight is 167 g/mol. The molecule has 2 heteroatoms. The lowest BCUT2D eigenvalue weighted by Crippen LogP contribution is -2.38. The first kappa shape index (κ1) is 9.57. The molecule has 2 atom stereocenters. The first-order valence-electron chi connectivity index (χ1n) is 4.60. The van der Waals surface area contributed by atoms with Crippen LogP contribution in [0.15, 0.2) is 0 Å². The normalized spacial score (nSPS) is 21.4. The molecule has 68 valence electrons. The second kappa shape index (κ2) is 4.49. The fourth-order valence-corrected chi connectivity index (χ4v) is 1.48. The second-order valence-electron chi connectivity index (χ2n) is 3.33. The molecular weight excluding hydrogens is 150 g/mol. The summed E-state index contributed by atoms with van der Waals surface area (Å²) in [5, 5.41) is 0. The first-order chi connectivity index (χ1) is 5.79. The molecule has 0 radical (unpaired) electrons. The monoisotopic (exact) mass is 167 g/mol. The molecule has 2 unspecified atom stereocenters. The van der Waals surface area contributed by atoms with Crippen LogP contribution in [0.3, 0.4) is 0 Å². The van der Waals surface area contributed by atoms with E-state index in [4.69, 9.17) is 16.9 Å². The van der Waals surface area contributed by atoms with Gasteiger partial charge in [-0.05, 0) is 25.7 Å². The van der Waals surface area contributed by atoms with Gasteiger partial charge in [0.05, 0.1) is 6.10 Å². The molecule has 12 heavy (non-hydrogen) atoms. The lowest BCUT2D eigenvalue weighted by atomic mass is 10.0. The summed E-state index contributed by atoms with van der Waals surface area (Å²) in [6, 6.07) is 0.0300. The van der Waals surface area contributed by atoms with Crippen LogP contribution < -0.4 is 5.73 Å². The molecule has 1 saturated carbocycles. The van der Waals surface area contributed by atoms with E-state index in [0.717, 1.165) is 6.61 Å². The summed E-state index contributed by atoms with van der Waals surface area (Å²) in [5.74, 6) is 3.26. The van der Waals surface area contributed by atoms with E-state index in [1.165, 1.54) is 12.8 Å². The van der Waals surface area contributed by atoms with Gasteiger partial charge < -0.3 is 10.5 Å². The van der Waals surface area contributed by atoms with Gasteiger partial charge in [0.15, 0.2) is 0 Å². The van der Waals surface area contributed by atoms with Crippen molar-refractivity contribution in [3.8, 4) is 12.3 Å². The molecule has 0 aromatic heterocycles. The summed E-state index contributed by atoms with van der Waals surface area (Å²) in [6.07, 6.45) is 8.53. The van der Waals surface area contributed by atoms with Crippen LogP contribution >= 0.6 is 0 Å². The van der Waals surface area contributed by atoms with Crippen molar-refractivity contribution in [2.75, 3.05) is 6.61 Å². The summed E-state index contributed by atoms with van der Waals surface area (Å²) < 4.78 is 5.56. The van der Waals surface area contributed by atoms with E-state index in [1.807, 2.05) is 6.92 Å². The molecular formula is C10H17NO. The molecule has 1 rings (SSSR count). The minimum Gasteiger partial charge on any atom is -0.377 e. The largest absolute Gasteiger partial charge is 0.377 e. The molecule has 0 saturated heterocycles. The van der Waals surface area contributed by atoms with Gasteiger partial charge >= 0.3 is 0 Å². The standard InChI is InChI=1S/C10H17NO/c1-3-5-9(11)10(12-4-2)8-6-7-8/h1,8-10H,4-7,11H2,2H3. The van der Waals surface area contributed by atoms with Crippen molar-refractivity contribution in [3.63, 3.8) is 0 Å². The fourth-order valence-electron chi connectivity index (χ4n) is 1.48. The average Bonchev–Trinajstić information content (AvgIpc) is 2.83. The van der Waals surface area contributed by atoms with E-state index in [-0.39, 0.29) is 12.1 Å². The van der Waals surface area contributed by atoms with Gasteiger partial charge in [-0.15, -0.1) is 12.3 Å². The summed E-state index contributed by atoms with van der Waals surface area (Å²) in [4.78, 5) is 0. The van der Waals surface area contributed by atoms with Crippen LogP contribution in [-0.4, -0.2) is 18.8 Å². The Kier molecular flexibility index (Phi) is 3.58. The Morgan fingerprint density at radius 1 is 1.67 bits per heavy atom. The zero-order valence-electron chi connectivity index (χ0n) is 7.62. The number of hydrogen-bond acceptors (Lipinski definition) is 2. The number of rotatable bonds is 5. The Morgan fingerprint density at radius 3 is 2.75 bits per heavy atom. The van der Waals surface area contributed by atoms with Crippen molar-refractivity contribution >= 4 is 0 Å². The van der Waals surface area contributed by atoms with E-state index < -0.39 is 0 Å². The quantitative estimate of drug-likeness (QED) is 0.623. The lowest BCUT2D eigenvalue weighted by Gasteiger charge is -2.21. The Balaban J connectivity index is 2.35. The molecule has 0 aromatic carbocycles. The summed E-state index contributed by atoms with van der Waals surface area (Å²) in [7, 11) is 0. The molecule has 2 N–H and O–H groups in total. The topological polar surface area (TPSA) is 35.2 Å². The number of nitrogens with two attached hydrogens (primary N) is 1. The van der Waals surface area contributed by atoms with Crippen LogP contribution in [0.25, 0.3) is 0 Å². The summed E-state index contributed by atoms with van der Waals surface area (Å²) in [5.41, 5.74) is 5.89. The van der Waals surface area contributed by atoms with Crippen molar-refractivity contribution in [1.82, 2.24) is 0 Å². The van der Waals surface area contributed by atoms with Gasteiger partial charge in [-0.2, -0.15) is 0 Å². The fraction of sp³-hybridized carbons (Fsp3) is 0.800. The van der Waals surface area contributed by atoms with Crippen molar-refractivity contribution in [1.29, 1.82) is 0 Å². The summed E-state index contributed by atoms with van der Waals surface area (Å²) >= 11 is 0. The minimum atomic E-state index is 0.0300. The highest BCUT2D eigenvalue weighted by atomic mass is 16.5. The molecule has 2 nitrogen and oxygen atoms in total. The van der Waals surface area contributed by atoms with Crippen molar-refractivity contribution in [2.24, 2.45) is 11.7 Å². The van der Waals surface area contributed by atoms with Gasteiger partial charge in [0.1, 0.15) is 0 Å². The van der Waals surface area contributed by atoms with Crippen LogP contribution in [0.4, 0.5) is 0 Å². The zero-order chi connectivity index (χ0) is 8.97. The highest BCUT2D eigenvalue weighted by Gasteiger charge is 2.35. The third-order valence-corrected chi connectivity index (χ3v) is 2.22. The molecule has 0 amide bonds. The van der Waals surface area contributed by atoms with Crippen LogP contribution in [0.2, 0.25) is 0 Å². The number of hydrogen-bond donors (Lipinski definition) is 1. The highest BCUT2D eigenvalue weighted by molar-refractivity contribution is 4.96. The number of ether oxygens (including phenoxy) is 1. The zero-order valence-corrected chi connectivity index (χ0v) is 7.62. The molecule has 1 fully saturated rings. The lowest BCUT2D eigenvalue weighted by molar-refractivity contribution is 0.0298. The van der Waals surface area contributed by atoms with Gasteiger partial charge in [-0.25, -0.2) is 0 Å². The van der Waals surface area contributed by atoms with Gasteiger partial charge in [0.2, 0.25) is 0 Å². The maximum Gasteiger partial charge on any atom is 0.0763 e. The highest BCUT2D eigenvalue weighted by Crippen LogP contribution is 2.35. The number of terminal acetylenes is 1. The van der Waals surface area contributed by atoms with E-state index in [0.29, 0.717) is 12.3 Å². The van der Waals surface area contributed by atoms with E-state index in [1.54, 1.807) is 0 Å². The third kappa shape index (κ3) is 2.51. The van der Waals surface area contributed by atoms with E-state index in [2.05, 4.69) is 5.92 Å². The Morgan fingerprint density at radius 2 is 2.33 bits per heavy atom. The van der Waals surface area contributed by atoms with Gasteiger partial charge in [0.25, 0.3) is 0 Å². The van der Waals surface area contributed by atoms with Crippen molar-refractivity contribution < 1.29 is 4.74 Å². The van der Waals surface area contributed by atoms with Crippen LogP contribution in [0.5, 0.6) is 0 Å². The Labute approximate surface area is 74.5 Å². The molecule has 1 aliphatic carbocycles. The van der Waals surface area contributed by atoms with Crippen LogP contribution in [0.1, 0.15) is 26.2 Å². The maximum atomic E-state index is 5.89. The maximum absolute atomic E-state index is 5.89. The smallest absolute Gasteiger partial charge is 0.0763 e. The summed E-state index contributed by atoms with van der Waals surface area (Å²) in [6.45, 7) is 2.73. The van der Waals surface area contributed by atoms with Gasteiger partial charge in [-0.1, -0.05) is 0 Å². The Bertz CT molecular complexity index is 169. The van der Waals surface area contributed by atoms with E-state index in [9.17, 15) is 0 Å². The predicted octanol–water partition coefficient (Wildman–Crippen LogP) is 1.15. The van der Waals surface area contributed by atoms with E-state index >= 15 is 0 Å². The van der Waals surface area contributed by atoms with Crippen LogP contribution in [0, 0.1) is 18.3 Å².